The number of fused-ring (bicyclic) bond motifs is 1. The molecule has 2 rings (SSSR count). The molecule has 1 heterocycles. The van der Waals surface area contributed by atoms with Gasteiger partial charge in [0.1, 0.15) is 0 Å². The van der Waals surface area contributed by atoms with Crippen LogP contribution in [-0.2, 0) is 12.8 Å². The van der Waals surface area contributed by atoms with E-state index >= 15 is 0 Å². The number of hydrogen-bond donors (Lipinski definition) is 2. The van der Waals surface area contributed by atoms with Crippen LogP contribution in [0.25, 0.3) is 0 Å². The zero-order valence-corrected chi connectivity index (χ0v) is 11.9. The summed E-state index contributed by atoms with van der Waals surface area (Å²) in [5.41, 5.74) is 8.55. The van der Waals surface area contributed by atoms with Gasteiger partial charge in [0.25, 0.3) is 0 Å². The highest BCUT2D eigenvalue weighted by Crippen LogP contribution is 2.16. The molecule has 0 fully saturated rings. The molecule has 3 N–H and O–H groups in total. The van der Waals surface area contributed by atoms with E-state index in [2.05, 4.69) is 29.2 Å². The van der Waals surface area contributed by atoms with Gasteiger partial charge in [-0.3, -0.25) is 0 Å². The molecule has 19 heavy (non-hydrogen) atoms. The lowest BCUT2D eigenvalue weighted by atomic mass is 9.98. The Labute approximate surface area is 116 Å². The predicted octanol–water partition coefficient (Wildman–Crippen LogP) is 1.58. The Balaban J connectivity index is 1.79. The van der Waals surface area contributed by atoms with E-state index in [0.29, 0.717) is 0 Å². The average molecular weight is 262 g/mol. The third-order valence-electron chi connectivity index (χ3n) is 4.10. The van der Waals surface area contributed by atoms with Gasteiger partial charge in [0, 0.05) is 18.6 Å². The smallest absolute Gasteiger partial charge is 0.0608 e. The van der Waals surface area contributed by atoms with Crippen LogP contribution < -0.4 is 5.73 Å². The second-order valence-corrected chi connectivity index (χ2v) is 6.03. The SMILES string of the molecule is CC(N)(CO)CCCN1CCc2ccccc2CC1. The molecule has 1 aliphatic heterocycles. The molecule has 0 bridgehead atoms. The van der Waals surface area contributed by atoms with Crippen LogP contribution in [-0.4, -0.2) is 41.8 Å². The third-order valence-corrected chi connectivity index (χ3v) is 4.10. The highest BCUT2D eigenvalue weighted by molar-refractivity contribution is 5.28. The normalized spacial score (nSPS) is 19.5. The number of hydrogen-bond acceptors (Lipinski definition) is 3. The second-order valence-electron chi connectivity index (χ2n) is 6.03. The zero-order chi connectivity index (χ0) is 13.7. The Bertz CT molecular complexity index is 376. The van der Waals surface area contributed by atoms with Crippen LogP contribution >= 0.6 is 0 Å². The lowest BCUT2D eigenvalue weighted by molar-refractivity contribution is 0.189. The minimum absolute atomic E-state index is 0.0679. The van der Waals surface area contributed by atoms with Crippen molar-refractivity contribution < 1.29 is 5.11 Å². The van der Waals surface area contributed by atoms with Gasteiger partial charge < -0.3 is 15.7 Å². The number of nitrogens with zero attached hydrogens (tertiary/aromatic N) is 1. The molecule has 1 aromatic rings. The largest absolute Gasteiger partial charge is 0.394 e. The molecule has 0 spiro atoms. The fourth-order valence-corrected chi connectivity index (χ4v) is 2.72. The molecule has 1 unspecified atom stereocenters. The molecule has 0 aliphatic carbocycles. The van der Waals surface area contributed by atoms with E-state index < -0.39 is 5.54 Å². The maximum atomic E-state index is 9.16. The Hall–Kier alpha value is -0.900. The average Bonchev–Trinajstić information content (AvgIpc) is 2.62. The number of aliphatic hydroxyl groups is 1. The Kier molecular flexibility index (Phi) is 4.97. The molecule has 0 saturated carbocycles. The highest BCUT2D eigenvalue weighted by Gasteiger charge is 2.18. The van der Waals surface area contributed by atoms with Crippen LogP contribution in [0.15, 0.2) is 24.3 Å². The molecule has 0 aromatic heterocycles. The summed E-state index contributed by atoms with van der Waals surface area (Å²) in [5.74, 6) is 0. The lowest BCUT2D eigenvalue weighted by Gasteiger charge is -2.24. The second kappa shape index (κ2) is 6.51. The third kappa shape index (κ3) is 4.30. The Morgan fingerprint density at radius 2 is 1.79 bits per heavy atom. The molecule has 0 radical (unpaired) electrons. The maximum Gasteiger partial charge on any atom is 0.0608 e. The quantitative estimate of drug-likeness (QED) is 0.847. The van der Waals surface area contributed by atoms with E-state index in [1.54, 1.807) is 0 Å². The van der Waals surface area contributed by atoms with E-state index in [9.17, 15) is 0 Å². The van der Waals surface area contributed by atoms with Gasteiger partial charge in [0.15, 0.2) is 0 Å². The highest BCUT2D eigenvalue weighted by atomic mass is 16.3. The summed E-state index contributed by atoms with van der Waals surface area (Å²) in [7, 11) is 0. The molecular weight excluding hydrogens is 236 g/mol. The maximum absolute atomic E-state index is 9.16. The van der Waals surface area contributed by atoms with Crippen molar-refractivity contribution in [2.24, 2.45) is 5.73 Å². The minimum atomic E-state index is -0.422. The summed E-state index contributed by atoms with van der Waals surface area (Å²) in [6.07, 6.45) is 4.24. The summed E-state index contributed by atoms with van der Waals surface area (Å²) in [4.78, 5) is 2.52. The van der Waals surface area contributed by atoms with Gasteiger partial charge in [-0.1, -0.05) is 24.3 Å². The number of nitrogens with two attached hydrogens (primary N) is 1. The summed E-state index contributed by atoms with van der Waals surface area (Å²) >= 11 is 0. The van der Waals surface area contributed by atoms with Gasteiger partial charge in [-0.05, 0) is 50.3 Å². The number of aliphatic hydroxyl groups excluding tert-OH is 1. The topological polar surface area (TPSA) is 49.5 Å². The minimum Gasteiger partial charge on any atom is -0.394 e. The molecule has 106 valence electrons. The first kappa shape index (κ1) is 14.5. The van der Waals surface area contributed by atoms with Crippen LogP contribution in [0.1, 0.15) is 30.9 Å². The van der Waals surface area contributed by atoms with Crippen LogP contribution in [0.3, 0.4) is 0 Å². The van der Waals surface area contributed by atoms with E-state index in [0.717, 1.165) is 45.3 Å². The van der Waals surface area contributed by atoms with Gasteiger partial charge in [-0.2, -0.15) is 0 Å². The number of benzene rings is 1. The van der Waals surface area contributed by atoms with Gasteiger partial charge in [0.2, 0.25) is 0 Å². The van der Waals surface area contributed by atoms with E-state index in [1.165, 1.54) is 11.1 Å². The molecule has 1 aromatic carbocycles. The van der Waals surface area contributed by atoms with Crippen molar-refractivity contribution in [3.8, 4) is 0 Å². The van der Waals surface area contributed by atoms with Gasteiger partial charge >= 0.3 is 0 Å². The van der Waals surface area contributed by atoms with Crippen LogP contribution in [0.2, 0.25) is 0 Å². The fourth-order valence-electron chi connectivity index (χ4n) is 2.72. The van der Waals surface area contributed by atoms with Crippen molar-refractivity contribution in [1.82, 2.24) is 4.90 Å². The van der Waals surface area contributed by atoms with E-state index in [-0.39, 0.29) is 6.61 Å². The zero-order valence-electron chi connectivity index (χ0n) is 11.9. The standard InChI is InChI=1S/C16H26N2O/c1-16(17,13-19)9-4-10-18-11-7-14-5-2-3-6-15(14)8-12-18/h2-3,5-6,19H,4,7-13,17H2,1H3. The van der Waals surface area contributed by atoms with Gasteiger partial charge in [-0.15, -0.1) is 0 Å². The van der Waals surface area contributed by atoms with Crippen molar-refractivity contribution in [3.63, 3.8) is 0 Å². The van der Waals surface area contributed by atoms with Crippen molar-refractivity contribution in [2.75, 3.05) is 26.2 Å². The Morgan fingerprint density at radius 1 is 1.21 bits per heavy atom. The fraction of sp³-hybridized carbons (Fsp3) is 0.625. The summed E-state index contributed by atoms with van der Waals surface area (Å²) in [5, 5.41) is 9.16. The first-order valence-corrected chi connectivity index (χ1v) is 7.30. The van der Waals surface area contributed by atoms with Crippen molar-refractivity contribution >= 4 is 0 Å². The van der Waals surface area contributed by atoms with Crippen LogP contribution in [0, 0.1) is 0 Å². The summed E-state index contributed by atoms with van der Waals surface area (Å²) in [6.45, 7) is 5.35. The Morgan fingerprint density at radius 3 is 2.32 bits per heavy atom. The van der Waals surface area contributed by atoms with Crippen molar-refractivity contribution in [1.29, 1.82) is 0 Å². The van der Waals surface area contributed by atoms with Gasteiger partial charge in [0.05, 0.1) is 6.61 Å². The van der Waals surface area contributed by atoms with E-state index in [1.807, 2.05) is 6.92 Å². The molecule has 0 amide bonds. The first-order valence-electron chi connectivity index (χ1n) is 7.30. The molecule has 0 saturated heterocycles. The molecule has 1 atom stereocenters. The van der Waals surface area contributed by atoms with Crippen LogP contribution in [0.5, 0.6) is 0 Å². The number of rotatable bonds is 5. The summed E-state index contributed by atoms with van der Waals surface area (Å²) < 4.78 is 0. The monoisotopic (exact) mass is 262 g/mol. The molecule has 3 heteroatoms. The molecule has 3 nitrogen and oxygen atoms in total. The molecule has 1 aliphatic rings. The summed E-state index contributed by atoms with van der Waals surface area (Å²) in [6, 6.07) is 8.77. The molecular formula is C16H26N2O. The van der Waals surface area contributed by atoms with Crippen molar-refractivity contribution in [3.05, 3.63) is 35.4 Å². The van der Waals surface area contributed by atoms with Crippen molar-refractivity contribution in [2.45, 2.75) is 38.1 Å². The lowest BCUT2D eigenvalue weighted by Crippen LogP contribution is -2.41. The predicted molar refractivity (Wildman–Crippen MR) is 79.2 cm³/mol. The first-order chi connectivity index (χ1) is 9.11. The van der Waals surface area contributed by atoms with Crippen LogP contribution in [0.4, 0.5) is 0 Å². The van der Waals surface area contributed by atoms with E-state index in [4.69, 9.17) is 10.8 Å². The van der Waals surface area contributed by atoms with Gasteiger partial charge in [-0.25, -0.2) is 0 Å².